The first-order valence-electron chi connectivity index (χ1n) is 15.1. The van der Waals surface area contributed by atoms with Crippen molar-refractivity contribution in [3.8, 4) is 39.6 Å². The third kappa shape index (κ3) is 5.84. The van der Waals surface area contributed by atoms with Gasteiger partial charge in [-0.3, -0.25) is 0 Å². The second-order valence-corrected chi connectivity index (χ2v) is 13.5. The molecule has 1 unspecified atom stereocenters. The van der Waals surface area contributed by atoms with E-state index in [1.165, 1.54) is 42.5 Å². The molecule has 0 aliphatic carbocycles. The molecule has 0 bridgehead atoms. The molecule has 52 heavy (non-hydrogen) atoms. The van der Waals surface area contributed by atoms with Gasteiger partial charge in [-0.15, -0.1) is 0 Å². The van der Waals surface area contributed by atoms with Gasteiger partial charge in [-0.1, -0.05) is 42.5 Å². The molecule has 0 amide bonds. The summed E-state index contributed by atoms with van der Waals surface area (Å²) in [5.41, 5.74) is -5.40. The van der Waals surface area contributed by atoms with Crippen LogP contribution in [0.4, 0.5) is 27.6 Å². The summed E-state index contributed by atoms with van der Waals surface area (Å²) >= 11 is 0. The molecule has 0 fully saturated rings. The van der Waals surface area contributed by atoms with E-state index in [2.05, 4.69) is 4.85 Å². The molecule has 1 aromatic heterocycles. The highest BCUT2D eigenvalue weighted by Crippen LogP contribution is 2.48. The van der Waals surface area contributed by atoms with E-state index in [1.807, 2.05) is 6.07 Å². The molecule has 5 aromatic carbocycles. The highest BCUT2D eigenvalue weighted by molar-refractivity contribution is 7.90. The van der Waals surface area contributed by atoms with Gasteiger partial charge in [0.15, 0.2) is 11.3 Å². The highest BCUT2D eigenvalue weighted by Gasteiger charge is 2.35. The Morgan fingerprint density at radius 3 is 2.12 bits per heavy atom. The minimum Gasteiger partial charge on any atom is -0.479 e. The number of hydrogen-bond donors (Lipinski definition) is 2. The summed E-state index contributed by atoms with van der Waals surface area (Å²) in [6.07, 6.45) is -2.91. The molecule has 14 heteroatoms. The SMILES string of the molecule is [C-]#[N+]c1cccc(C#N)c1-c1c(-c2cccc(-c3c(F)cc(C(C)(O)C(=O)O)cc3F)c2)n(S(=O)(=O)c2ccc(C(F)F)cc2)c2ccc(F)cc12. The summed E-state index contributed by atoms with van der Waals surface area (Å²) in [7, 11) is -4.79. The number of aliphatic carboxylic acids is 1. The van der Waals surface area contributed by atoms with Gasteiger partial charge in [0.25, 0.3) is 16.4 Å². The molecule has 0 saturated carbocycles. The fourth-order valence-corrected chi connectivity index (χ4v) is 7.50. The predicted octanol–water partition coefficient (Wildman–Crippen LogP) is 8.95. The van der Waals surface area contributed by atoms with Crippen molar-refractivity contribution in [3.05, 3.63) is 143 Å². The molecule has 0 aliphatic heterocycles. The Morgan fingerprint density at radius 2 is 1.52 bits per heavy atom. The van der Waals surface area contributed by atoms with E-state index >= 15 is 13.2 Å². The molecular weight excluding hydrogens is 705 g/mol. The van der Waals surface area contributed by atoms with E-state index in [0.29, 0.717) is 12.1 Å². The lowest BCUT2D eigenvalue weighted by Crippen LogP contribution is -2.32. The summed E-state index contributed by atoms with van der Waals surface area (Å²) < 4.78 is 103. The van der Waals surface area contributed by atoms with Gasteiger partial charge in [0.1, 0.15) is 17.5 Å². The van der Waals surface area contributed by atoms with Gasteiger partial charge in [-0.05, 0) is 67.1 Å². The third-order valence-electron chi connectivity index (χ3n) is 8.54. The van der Waals surface area contributed by atoms with Crippen LogP contribution < -0.4 is 0 Å². The monoisotopic (exact) mass is 727 g/mol. The molecular formula is C38H22F5N3O5S. The number of carbonyl (C=O) groups is 1. The Bertz CT molecular complexity index is 2590. The van der Waals surface area contributed by atoms with Gasteiger partial charge in [-0.25, -0.2) is 44.0 Å². The summed E-state index contributed by atoms with van der Waals surface area (Å²) in [5, 5.41) is 29.7. The van der Waals surface area contributed by atoms with Crippen LogP contribution in [0.25, 0.3) is 49.3 Å². The number of halogens is 5. The molecule has 0 aliphatic rings. The van der Waals surface area contributed by atoms with Crippen molar-refractivity contribution in [2.24, 2.45) is 0 Å². The molecule has 0 saturated heterocycles. The van der Waals surface area contributed by atoms with Crippen LogP contribution in [0.15, 0.2) is 102 Å². The van der Waals surface area contributed by atoms with E-state index < -0.39 is 67.1 Å². The summed E-state index contributed by atoms with van der Waals surface area (Å²) in [6, 6.07) is 19.4. The van der Waals surface area contributed by atoms with E-state index in [0.717, 1.165) is 53.4 Å². The quantitative estimate of drug-likeness (QED) is 0.119. The third-order valence-corrected chi connectivity index (χ3v) is 10.3. The van der Waals surface area contributed by atoms with Crippen LogP contribution in [0.1, 0.15) is 30.0 Å². The molecule has 2 N–H and O–H groups in total. The number of nitrogens with zero attached hydrogens (tertiary/aromatic N) is 3. The maximum Gasteiger partial charge on any atom is 0.340 e. The number of hydrogen-bond acceptors (Lipinski definition) is 5. The van der Waals surface area contributed by atoms with E-state index in [1.54, 1.807) is 0 Å². The maximum absolute atomic E-state index is 15.6. The van der Waals surface area contributed by atoms with Crippen LogP contribution in [0.5, 0.6) is 0 Å². The van der Waals surface area contributed by atoms with Crippen molar-refractivity contribution >= 4 is 32.6 Å². The molecule has 260 valence electrons. The lowest BCUT2D eigenvalue weighted by molar-refractivity contribution is -0.157. The largest absolute Gasteiger partial charge is 0.479 e. The Hall–Kier alpha value is -6.35. The topological polar surface area (TPSA) is 125 Å². The zero-order valence-electron chi connectivity index (χ0n) is 26.6. The van der Waals surface area contributed by atoms with Crippen molar-refractivity contribution in [1.29, 1.82) is 5.26 Å². The van der Waals surface area contributed by atoms with E-state index in [9.17, 15) is 37.5 Å². The number of nitriles is 1. The smallest absolute Gasteiger partial charge is 0.340 e. The number of rotatable bonds is 8. The molecule has 1 atom stereocenters. The lowest BCUT2D eigenvalue weighted by atomic mass is 9.91. The van der Waals surface area contributed by atoms with Crippen LogP contribution in [-0.4, -0.2) is 28.6 Å². The first kappa shape index (κ1) is 35.5. The molecule has 6 aromatic rings. The Balaban J connectivity index is 1.74. The Kier molecular flexibility index (Phi) is 8.92. The number of carboxylic acids is 1. The Labute approximate surface area is 292 Å². The van der Waals surface area contributed by atoms with Crippen LogP contribution in [-0.2, 0) is 20.4 Å². The van der Waals surface area contributed by atoms with Gasteiger partial charge in [0.05, 0.1) is 34.3 Å². The number of aliphatic hydroxyl groups is 1. The van der Waals surface area contributed by atoms with Crippen LogP contribution in [0.3, 0.4) is 0 Å². The predicted molar refractivity (Wildman–Crippen MR) is 180 cm³/mol. The van der Waals surface area contributed by atoms with Gasteiger partial charge in [0.2, 0.25) is 0 Å². The number of aromatic nitrogens is 1. The van der Waals surface area contributed by atoms with Crippen molar-refractivity contribution in [3.63, 3.8) is 0 Å². The minimum absolute atomic E-state index is 0.0547. The number of carboxylic acid groups (broad SMARTS) is 1. The zero-order valence-corrected chi connectivity index (χ0v) is 27.4. The number of fused-ring (bicyclic) bond motifs is 1. The Morgan fingerprint density at radius 1 is 0.885 bits per heavy atom. The molecule has 1 heterocycles. The van der Waals surface area contributed by atoms with Crippen molar-refractivity contribution in [1.82, 2.24) is 3.97 Å². The number of benzene rings is 5. The summed E-state index contributed by atoms with van der Waals surface area (Å²) in [4.78, 5) is 14.6. The average Bonchev–Trinajstić information content (AvgIpc) is 3.45. The highest BCUT2D eigenvalue weighted by atomic mass is 32.2. The van der Waals surface area contributed by atoms with Crippen molar-refractivity contribution < 1.29 is 45.4 Å². The van der Waals surface area contributed by atoms with Gasteiger partial charge in [-0.2, -0.15) is 5.26 Å². The summed E-state index contributed by atoms with van der Waals surface area (Å²) in [6.45, 7) is 8.69. The standard InChI is InChI=1S/C38H22F5N3O5S/c1-38(49,37(47)48)24-16-28(40)32(29(41)17-24)21-5-3-6-22(15-21)35-34(33-23(19-44)7-4-8-30(33)45-2)27-18-25(39)11-14-31(27)46(35)52(50,51)26-12-9-20(10-13-26)36(42)43/h3-18,36,49H,1H3,(H,47,48). The molecule has 8 nitrogen and oxygen atoms in total. The first-order valence-corrected chi connectivity index (χ1v) is 16.5. The first-order chi connectivity index (χ1) is 24.6. The lowest BCUT2D eigenvalue weighted by Gasteiger charge is -2.20. The van der Waals surface area contributed by atoms with Crippen molar-refractivity contribution in [2.45, 2.75) is 23.8 Å². The molecule has 6 rings (SSSR count). The second-order valence-electron chi connectivity index (χ2n) is 11.7. The van der Waals surface area contributed by atoms with E-state index in [4.69, 9.17) is 6.57 Å². The number of alkyl halides is 2. The second kappa shape index (κ2) is 13.1. The van der Waals surface area contributed by atoms with E-state index in [-0.39, 0.29) is 50.1 Å². The van der Waals surface area contributed by atoms with Gasteiger partial charge >= 0.3 is 5.97 Å². The maximum atomic E-state index is 15.6. The van der Waals surface area contributed by atoms with Gasteiger partial charge < -0.3 is 10.2 Å². The zero-order chi connectivity index (χ0) is 37.7. The van der Waals surface area contributed by atoms with Crippen LogP contribution >= 0.6 is 0 Å². The van der Waals surface area contributed by atoms with Gasteiger partial charge in [0, 0.05) is 38.8 Å². The fraction of sp³-hybridized carbons (Fsp3) is 0.0789. The fourth-order valence-electron chi connectivity index (χ4n) is 5.95. The van der Waals surface area contributed by atoms with Crippen molar-refractivity contribution in [2.75, 3.05) is 0 Å². The molecule has 0 radical (unpaired) electrons. The minimum atomic E-state index is -4.79. The summed E-state index contributed by atoms with van der Waals surface area (Å²) in [5.74, 6) is -5.12. The normalized spacial score (nSPS) is 12.7. The average molecular weight is 728 g/mol. The van der Waals surface area contributed by atoms with Crippen LogP contribution in [0, 0.1) is 35.4 Å². The van der Waals surface area contributed by atoms with Crippen LogP contribution in [0.2, 0.25) is 0 Å². The molecule has 0 spiro atoms.